The van der Waals surface area contributed by atoms with Crippen LogP contribution in [0.15, 0.2) is 46.8 Å². The maximum absolute atomic E-state index is 12.1. The standard InChI is InChI=1S/C21H25N5O5S2/c1-13(2)31-19-7-5-15(33(22,28)29)10-17(19)25-21-26-18(12-32-21)14-4-6-16(24-11-14)20(27)23-8-9-30-3/h4-7,10-13H,8-9H2,1-3H3,(H,23,27)(H,25,26)(H2,22,28,29). The maximum atomic E-state index is 12.1. The number of methoxy groups -OCH3 is 1. The number of benzene rings is 1. The van der Waals surface area contributed by atoms with Gasteiger partial charge in [-0.15, -0.1) is 11.3 Å². The first-order chi connectivity index (χ1) is 15.7. The lowest BCUT2D eigenvalue weighted by molar-refractivity contribution is 0.0932. The highest BCUT2D eigenvalue weighted by Gasteiger charge is 2.15. The Morgan fingerprint density at radius 2 is 2.03 bits per heavy atom. The SMILES string of the molecule is COCCNC(=O)c1ccc(-c2csc(Nc3cc(S(N)(=O)=O)ccc3OC(C)C)n2)cn1. The lowest BCUT2D eigenvalue weighted by Crippen LogP contribution is -2.27. The van der Waals surface area contributed by atoms with E-state index in [0.717, 1.165) is 5.56 Å². The van der Waals surface area contributed by atoms with Crippen LogP contribution in [0.5, 0.6) is 5.75 Å². The van der Waals surface area contributed by atoms with E-state index in [2.05, 4.69) is 20.6 Å². The predicted molar refractivity (Wildman–Crippen MR) is 126 cm³/mol. The first-order valence-electron chi connectivity index (χ1n) is 9.97. The van der Waals surface area contributed by atoms with Crippen molar-refractivity contribution in [2.24, 2.45) is 5.14 Å². The Labute approximate surface area is 196 Å². The summed E-state index contributed by atoms with van der Waals surface area (Å²) in [5.74, 6) is 0.186. The van der Waals surface area contributed by atoms with E-state index in [1.165, 1.54) is 23.5 Å². The van der Waals surface area contributed by atoms with Crippen molar-refractivity contribution in [2.75, 3.05) is 25.6 Å². The van der Waals surface area contributed by atoms with Crippen molar-refractivity contribution >= 4 is 38.1 Å². The molecule has 2 heterocycles. The summed E-state index contributed by atoms with van der Waals surface area (Å²) < 4.78 is 34.2. The van der Waals surface area contributed by atoms with E-state index in [1.807, 2.05) is 19.2 Å². The van der Waals surface area contributed by atoms with Gasteiger partial charge >= 0.3 is 0 Å². The fourth-order valence-electron chi connectivity index (χ4n) is 2.76. The molecule has 10 nitrogen and oxygen atoms in total. The summed E-state index contributed by atoms with van der Waals surface area (Å²) >= 11 is 1.32. The zero-order valence-electron chi connectivity index (χ0n) is 18.4. The molecule has 4 N–H and O–H groups in total. The molecule has 0 aliphatic rings. The highest BCUT2D eigenvalue weighted by atomic mass is 32.2. The van der Waals surface area contributed by atoms with Crippen LogP contribution in [0.2, 0.25) is 0 Å². The minimum Gasteiger partial charge on any atom is -0.489 e. The number of pyridine rings is 1. The van der Waals surface area contributed by atoms with E-state index < -0.39 is 10.0 Å². The smallest absolute Gasteiger partial charge is 0.269 e. The molecule has 3 aromatic rings. The topological polar surface area (TPSA) is 146 Å². The summed E-state index contributed by atoms with van der Waals surface area (Å²) in [6.45, 7) is 4.55. The fourth-order valence-corrected chi connectivity index (χ4v) is 4.03. The Morgan fingerprint density at radius 3 is 2.67 bits per heavy atom. The quantitative estimate of drug-likeness (QED) is 0.367. The van der Waals surface area contributed by atoms with Crippen LogP contribution < -0.4 is 20.5 Å². The molecule has 0 aliphatic heterocycles. The number of thiazole rings is 1. The zero-order valence-corrected chi connectivity index (χ0v) is 20.0. The van der Waals surface area contributed by atoms with Crippen LogP contribution in [0.25, 0.3) is 11.3 Å². The second-order valence-electron chi connectivity index (χ2n) is 7.21. The molecule has 12 heteroatoms. The molecule has 0 fully saturated rings. The Balaban J connectivity index is 1.79. The lowest BCUT2D eigenvalue weighted by atomic mass is 10.2. The van der Waals surface area contributed by atoms with Crippen molar-refractivity contribution in [1.29, 1.82) is 0 Å². The number of aromatic nitrogens is 2. The van der Waals surface area contributed by atoms with Gasteiger partial charge in [0.15, 0.2) is 5.13 Å². The molecule has 0 bridgehead atoms. The van der Waals surface area contributed by atoms with Gasteiger partial charge in [-0.3, -0.25) is 9.78 Å². The molecule has 0 saturated carbocycles. The number of amides is 1. The Morgan fingerprint density at radius 1 is 1.24 bits per heavy atom. The number of hydrogen-bond acceptors (Lipinski definition) is 9. The van der Waals surface area contributed by atoms with Crippen LogP contribution in [0.4, 0.5) is 10.8 Å². The summed E-state index contributed by atoms with van der Waals surface area (Å²) in [6, 6.07) is 7.73. The monoisotopic (exact) mass is 491 g/mol. The first kappa shape index (κ1) is 24.6. The van der Waals surface area contributed by atoms with Crippen molar-refractivity contribution in [3.05, 3.63) is 47.6 Å². The van der Waals surface area contributed by atoms with Crippen LogP contribution >= 0.6 is 11.3 Å². The lowest BCUT2D eigenvalue weighted by Gasteiger charge is -2.15. The van der Waals surface area contributed by atoms with E-state index in [9.17, 15) is 13.2 Å². The highest BCUT2D eigenvalue weighted by Crippen LogP contribution is 2.33. The average molecular weight is 492 g/mol. The zero-order chi connectivity index (χ0) is 24.0. The number of sulfonamides is 1. The Hall–Kier alpha value is -3.06. The summed E-state index contributed by atoms with van der Waals surface area (Å²) in [6.07, 6.45) is 1.45. The van der Waals surface area contributed by atoms with Crippen molar-refractivity contribution in [3.8, 4) is 17.0 Å². The Bertz CT molecular complexity index is 1210. The molecular weight excluding hydrogens is 466 g/mol. The third-order valence-corrected chi connectivity index (χ3v) is 5.94. The van der Waals surface area contributed by atoms with Gasteiger partial charge in [-0.25, -0.2) is 18.5 Å². The number of ether oxygens (including phenoxy) is 2. The number of hydrogen-bond donors (Lipinski definition) is 3. The molecule has 0 aliphatic carbocycles. The van der Waals surface area contributed by atoms with E-state index in [0.29, 0.717) is 41.1 Å². The molecule has 0 atom stereocenters. The molecule has 1 aromatic carbocycles. The van der Waals surface area contributed by atoms with Crippen molar-refractivity contribution in [2.45, 2.75) is 24.8 Å². The normalized spacial score (nSPS) is 11.4. The summed E-state index contributed by atoms with van der Waals surface area (Å²) in [5, 5.41) is 13.4. The van der Waals surface area contributed by atoms with Crippen molar-refractivity contribution in [3.63, 3.8) is 0 Å². The largest absolute Gasteiger partial charge is 0.489 e. The van der Waals surface area contributed by atoms with E-state index in [-0.39, 0.29) is 16.9 Å². The number of rotatable bonds is 10. The van der Waals surface area contributed by atoms with Crippen LogP contribution in [-0.4, -0.2) is 50.7 Å². The molecule has 0 saturated heterocycles. The second kappa shape index (κ2) is 10.7. The fraction of sp³-hybridized carbons (Fsp3) is 0.286. The summed E-state index contributed by atoms with van der Waals surface area (Å²) in [4.78, 5) is 20.8. The maximum Gasteiger partial charge on any atom is 0.269 e. The molecule has 0 radical (unpaired) electrons. The highest BCUT2D eigenvalue weighted by molar-refractivity contribution is 7.89. The average Bonchev–Trinajstić information content (AvgIpc) is 3.22. The van der Waals surface area contributed by atoms with Gasteiger partial charge < -0.3 is 20.1 Å². The van der Waals surface area contributed by atoms with Crippen LogP contribution in [-0.2, 0) is 14.8 Å². The van der Waals surface area contributed by atoms with E-state index in [1.54, 1.807) is 31.5 Å². The molecule has 33 heavy (non-hydrogen) atoms. The van der Waals surface area contributed by atoms with Gasteiger partial charge in [-0.2, -0.15) is 0 Å². The number of primary sulfonamides is 1. The molecule has 3 rings (SSSR count). The van der Waals surface area contributed by atoms with Crippen LogP contribution in [0.1, 0.15) is 24.3 Å². The van der Waals surface area contributed by atoms with Gasteiger partial charge in [0, 0.05) is 30.8 Å². The molecule has 2 aromatic heterocycles. The van der Waals surface area contributed by atoms with Crippen LogP contribution in [0.3, 0.4) is 0 Å². The van der Waals surface area contributed by atoms with E-state index in [4.69, 9.17) is 14.6 Å². The third-order valence-electron chi connectivity index (χ3n) is 4.27. The van der Waals surface area contributed by atoms with Crippen molar-refractivity contribution in [1.82, 2.24) is 15.3 Å². The van der Waals surface area contributed by atoms with Crippen molar-refractivity contribution < 1.29 is 22.7 Å². The number of nitrogens with zero attached hydrogens (tertiary/aromatic N) is 2. The number of carbonyl (C=O) groups excluding carboxylic acids is 1. The number of anilines is 2. The number of carbonyl (C=O) groups is 1. The van der Waals surface area contributed by atoms with Gasteiger partial charge in [0.1, 0.15) is 11.4 Å². The molecular formula is C21H25N5O5S2. The van der Waals surface area contributed by atoms with Gasteiger partial charge in [0.05, 0.1) is 29.0 Å². The molecule has 1 amide bonds. The summed E-state index contributed by atoms with van der Waals surface area (Å²) in [5.41, 5.74) is 2.09. The van der Waals surface area contributed by atoms with Gasteiger partial charge in [-0.05, 0) is 44.2 Å². The van der Waals surface area contributed by atoms with Gasteiger partial charge in [0.25, 0.3) is 5.91 Å². The minimum atomic E-state index is -3.88. The summed E-state index contributed by atoms with van der Waals surface area (Å²) in [7, 11) is -2.32. The van der Waals surface area contributed by atoms with Crippen LogP contribution in [0, 0.1) is 0 Å². The molecule has 176 valence electrons. The minimum absolute atomic E-state index is 0.0403. The first-order valence-corrected chi connectivity index (χ1v) is 12.4. The molecule has 0 spiro atoms. The number of nitrogens with two attached hydrogens (primary N) is 1. The number of nitrogens with one attached hydrogen (secondary N) is 2. The predicted octanol–water partition coefficient (Wildman–Crippen LogP) is 2.76. The molecule has 0 unspecified atom stereocenters. The van der Waals surface area contributed by atoms with E-state index >= 15 is 0 Å². The van der Waals surface area contributed by atoms with Gasteiger partial charge in [-0.1, -0.05) is 0 Å². The van der Waals surface area contributed by atoms with Gasteiger partial charge in [0.2, 0.25) is 10.0 Å². The Kier molecular flexibility index (Phi) is 7.97. The third kappa shape index (κ3) is 6.71. The second-order valence-corrected chi connectivity index (χ2v) is 9.63.